The van der Waals surface area contributed by atoms with Crippen molar-refractivity contribution >= 4 is 15.7 Å². The Bertz CT molecular complexity index is 566. The maximum absolute atomic E-state index is 12.5. The van der Waals surface area contributed by atoms with Crippen molar-refractivity contribution in [3.63, 3.8) is 0 Å². The summed E-state index contributed by atoms with van der Waals surface area (Å²) in [5.41, 5.74) is 7.10. The van der Waals surface area contributed by atoms with Crippen molar-refractivity contribution in [3.8, 4) is 0 Å². The van der Waals surface area contributed by atoms with E-state index in [2.05, 4.69) is 0 Å². The molecule has 0 radical (unpaired) electrons. The zero-order valence-electron chi connectivity index (χ0n) is 12.0. The molecule has 0 amide bonds. The second-order valence-corrected chi connectivity index (χ2v) is 7.42. The lowest BCUT2D eigenvalue weighted by Crippen LogP contribution is -2.35. The number of hydrogen-bond acceptors (Lipinski definition) is 4. The van der Waals surface area contributed by atoms with Gasteiger partial charge in [0.15, 0.2) is 0 Å². The summed E-state index contributed by atoms with van der Waals surface area (Å²) in [4.78, 5) is 0.183. The molecule has 0 saturated carbocycles. The maximum atomic E-state index is 12.5. The van der Waals surface area contributed by atoms with Crippen LogP contribution >= 0.6 is 0 Å². The van der Waals surface area contributed by atoms with E-state index in [0.717, 1.165) is 25.0 Å². The first-order valence-electron chi connectivity index (χ1n) is 6.81. The smallest absolute Gasteiger partial charge is 0.244 e. The molecule has 0 spiro atoms. The number of nitrogens with two attached hydrogens (primary N) is 1. The molecular formula is C14H22N2O3S. The van der Waals surface area contributed by atoms with Gasteiger partial charge in [-0.1, -0.05) is 6.07 Å². The Kier molecular flexibility index (Phi) is 4.67. The van der Waals surface area contributed by atoms with E-state index in [-0.39, 0.29) is 10.8 Å². The number of nitrogen functional groups attached to an aromatic ring is 1. The summed E-state index contributed by atoms with van der Waals surface area (Å²) in [5.74, 6) is 0.259. The molecule has 0 aromatic heterocycles. The van der Waals surface area contributed by atoms with Crippen LogP contribution in [0.5, 0.6) is 0 Å². The Hall–Kier alpha value is -1.11. The van der Waals surface area contributed by atoms with Crippen molar-refractivity contribution in [3.05, 3.63) is 23.8 Å². The highest BCUT2D eigenvalue weighted by atomic mass is 32.2. The van der Waals surface area contributed by atoms with Crippen LogP contribution in [0.1, 0.15) is 18.4 Å². The van der Waals surface area contributed by atoms with Gasteiger partial charge in [-0.15, -0.1) is 0 Å². The van der Waals surface area contributed by atoms with Crippen molar-refractivity contribution in [1.82, 2.24) is 4.31 Å². The van der Waals surface area contributed by atoms with Gasteiger partial charge in [-0.3, -0.25) is 0 Å². The Morgan fingerprint density at radius 3 is 2.80 bits per heavy atom. The molecular weight excluding hydrogens is 276 g/mol. The van der Waals surface area contributed by atoms with Gasteiger partial charge in [-0.2, -0.15) is 0 Å². The number of nitrogens with zero attached hydrogens (tertiary/aromatic N) is 1. The molecule has 1 aliphatic heterocycles. The van der Waals surface area contributed by atoms with Gasteiger partial charge in [-0.05, 0) is 43.4 Å². The van der Waals surface area contributed by atoms with Crippen molar-refractivity contribution in [1.29, 1.82) is 0 Å². The first-order valence-corrected chi connectivity index (χ1v) is 8.25. The topological polar surface area (TPSA) is 72.6 Å². The summed E-state index contributed by atoms with van der Waals surface area (Å²) < 4.78 is 31.9. The largest absolute Gasteiger partial charge is 0.398 e. The van der Waals surface area contributed by atoms with Crippen LogP contribution in [0.25, 0.3) is 0 Å². The lowest BCUT2D eigenvalue weighted by molar-refractivity contribution is 0.0495. The normalized spacial score (nSPS) is 20.2. The molecule has 20 heavy (non-hydrogen) atoms. The fraction of sp³-hybridized carbons (Fsp3) is 0.571. The quantitative estimate of drug-likeness (QED) is 0.857. The van der Waals surface area contributed by atoms with Crippen LogP contribution in [-0.2, 0) is 14.8 Å². The molecule has 112 valence electrons. The summed E-state index contributed by atoms with van der Waals surface area (Å²) >= 11 is 0. The second kappa shape index (κ2) is 6.11. The maximum Gasteiger partial charge on any atom is 0.244 e. The monoisotopic (exact) mass is 298 g/mol. The van der Waals surface area contributed by atoms with E-state index in [4.69, 9.17) is 10.5 Å². The van der Waals surface area contributed by atoms with Gasteiger partial charge >= 0.3 is 0 Å². The van der Waals surface area contributed by atoms with Gasteiger partial charge < -0.3 is 10.5 Å². The van der Waals surface area contributed by atoms with Crippen LogP contribution in [-0.4, -0.2) is 39.5 Å². The van der Waals surface area contributed by atoms with E-state index in [1.807, 2.05) is 6.92 Å². The van der Waals surface area contributed by atoms with E-state index in [1.165, 1.54) is 4.31 Å². The first kappa shape index (κ1) is 15.3. The van der Waals surface area contributed by atoms with E-state index < -0.39 is 10.0 Å². The molecule has 5 nitrogen and oxygen atoms in total. The molecule has 1 atom stereocenters. The van der Waals surface area contributed by atoms with E-state index in [1.54, 1.807) is 25.2 Å². The van der Waals surface area contributed by atoms with E-state index in [0.29, 0.717) is 18.8 Å². The summed E-state index contributed by atoms with van der Waals surface area (Å²) in [7, 11) is -1.93. The molecule has 2 N–H and O–H groups in total. The van der Waals surface area contributed by atoms with Crippen LogP contribution in [0.4, 0.5) is 5.69 Å². The first-order chi connectivity index (χ1) is 9.41. The minimum absolute atomic E-state index is 0.183. The molecule has 2 rings (SSSR count). The lowest BCUT2D eigenvalue weighted by atomic mass is 10.0. The predicted octanol–water partition coefficient (Wildman–Crippen LogP) is 1.62. The molecule has 1 heterocycles. The molecule has 6 heteroatoms. The lowest BCUT2D eigenvalue weighted by Gasteiger charge is -2.27. The predicted molar refractivity (Wildman–Crippen MR) is 79.0 cm³/mol. The highest BCUT2D eigenvalue weighted by Crippen LogP contribution is 2.24. The zero-order chi connectivity index (χ0) is 14.8. The molecule has 1 unspecified atom stereocenters. The summed E-state index contributed by atoms with van der Waals surface area (Å²) in [6.07, 6.45) is 1.99. The van der Waals surface area contributed by atoms with Crippen LogP contribution in [0.2, 0.25) is 0 Å². The van der Waals surface area contributed by atoms with Crippen LogP contribution < -0.4 is 5.73 Å². The number of rotatable bonds is 4. The average Bonchev–Trinajstić information content (AvgIpc) is 2.39. The summed E-state index contributed by atoms with van der Waals surface area (Å²) in [5, 5.41) is 0. The molecule has 0 aliphatic carbocycles. The summed E-state index contributed by atoms with van der Waals surface area (Å²) in [6, 6.07) is 5.03. The van der Waals surface area contributed by atoms with Gasteiger partial charge in [0.25, 0.3) is 0 Å². The number of hydrogen-bond donors (Lipinski definition) is 1. The highest BCUT2D eigenvalue weighted by molar-refractivity contribution is 7.89. The Morgan fingerprint density at radius 2 is 2.20 bits per heavy atom. The van der Waals surface area contributed by atoms with Gasteiger partial charge in [0.2, 0.25) is 10.0 Å². The molecule has 0 bridgehead atoms. The van der Waals surface area contributed by atoms with Gasteiger partial charge in [0, 0.05) is 20.2 Å². The van der Waals surface area contributed by atoms with Crippen LogP contribution in [0, 0.1) is 12.8 Å². The minimum Gasteiger partial charge on any atom is -0.398 e. The summed E-state index contributed by atoms with van der Waals surface area (Å²) in [6.45, 7) is 3.76. The second-order valence-electron chi connectivity index (χ2n) is 5.41. The molecule has 1 aliphatic rings. The minimum atomic E-state index is -3.53. The Labute approximate surface area is 120 Å². The SMILES string of the molecule is Cc1ccc(S(=O)(=O)N(C)CC2CCCOC2)c(N)c1. The number of aryl methyl sites for hydroxylation is 1. The van der Waals surface area contributed by atoms with Crippen molar-refractivity contribution in [2.45, 2.75) is 24.7 Å². The van der Waals surface area contributed by atoms with E-state index >= 15 is 0 Å². The fourth-order valence-corrected chi connectivity index (χ4v) is 3.82. The third-order valence-electron chi connectivity index (χ3n) is 3.62. The fourth-order valence-electron chi connectivity index (χ4n) is 2.48. The molecule has 1 fully saturated rings. The number of sulfonamides is 1. The Balaban J connectivity index is 2.16. The Morgan fingerprint density at radius 1 is 1.45 bits per heavy atom. The van der Waals surface area contributed by atoms with Gasteiger partial charge in [0.05, 0.1) is 12.3 Å². The molecule has 1 saturated heterocycles. The van der Waals surface area contributed by atoms with Crippen molar-refractivity contribution < 1.29 is 13.2 Å². The number of anilines is 1. The third kappa shape index (κ3) is 3.31. The highest BCUT2D eigenvalue weighted by Gasteiger charge is 2.26. The van der Waals surface area contributed by atoms with Crippen molar-refractivity contribution in [2.24, 2.45) is 5.92 Å². The van der Waals surface area contributed by atoms with Crippen LogP contribution in [0.15, 0.2) is 23.1 Å². The zero-order valence-corrected chi connectivity index (χ0v) is 12.8. The average molecular weight is 298 g/mol. The van der Waals surface area contributed by atoms with Gasteiger partial charge in [-0.25, -0.2) is 12.7 Å². The van der Waals surface area contributed by atoms with Crippen LogP contribution in [0.3, 0.4) is 0 Å². The number of ether oxygens (including phenoxy) is 1. The van der Waals surface area contributed by atoms with Crippen molar-refractivity contribution in [2.75, 3.05) is 32.5 Å². The molecule has 1 aromatic carbocycles. The third-order valence-corrected chi connectivity index (χ3v) is 5.52. The van der Waals surface area contributed by atoms with E-state index in [9.17, 15) is 8.42 Å². The standard InChI is InChI=1S/C14H22N2O3S/c1-11-5-6-14(13(15)8-11)20(17,18)16(2)9-12-4-3-7-19-10-12/h5-6,8,12H,3-4,7,9-10,15H2,1-2H3. The molecule has 1 aromatic rings. The number of benzene rings is 1. The van der Waals surface area contributed by atoms with Gasteiger partial charge in [0.1, 0.15) is 4.90 Å².